The highest BCUT2D eigenvalue weighted by Gasteiger charge is 2.43. The number of nitrogens with zero attached hydrogens (tertiary/aromatic N) is 3. The molecule has 0 radical (unpaired) electrons. The maximum atomic E-state index is 13.5. The van der Waals surface area contributed by atoms with Gasteiger partial charge in [-0.05, 0) is 61.9 Å². The zero-order valence-electron chi connectivity index (χ0n) is 16.9. The molecule has 2 amide bonds. The van der Waals surface area contributed by atoms with Crippen LogP contribution in [0.25, 0.3) is 5.57 Å². The number of imide groups is 1. The van der Waals surface area contributed by atoms with Crippen molar-refractivity contribution >= 4 is 23.1 Å². The van der Waals surface area contributed by atoms with Gasteiger partial charge in [0.2, 0.25) is 0 Å². The van der Waals surface area contributed by atoms with Crippen LogP contribution in [0.1, 0.15) is 16.7 Å². The predicted octanol–water partition coefficient (Wildman–Crippen LogP) is 2.97. The molecule has 2 aliphatic heterocycles. The standard InChI is InChI=1S/C23H24FN3O2/c1-15-4-9-19(14-16(15)2)27-22(28)20(17-5-7-18(24)8-6-17)21(23(27)29)26-12-10-25(3)11-13-26/h4-9,14H,10-13H2,1-3H3. The Bertz CT molecular complexity index is 1010. The molecular formula is C23H24FN3O2. The van der Waals surface area contributed by atoms with Crippen molar-refractivity contribution in [2.75, 3.05) is 38.1 Å². The zero-order valence-corrected chi connectivity index (χ0v) is 16.9. The number of anilines is 1. The van der Waals surface area contributed by atoms with Gasteiger partial charge in [0, 0.05) is 26.2 Å². The summed E-state index contributed by atoms with van der Waals surface area (Å²) in [4.78, 5) is 32.3. The van der Waals surface area contributed by atoms with Gasteiger partial charge in [0.1, 0.15) is 11.5 Å². The average molecular weight is 393 g/mol. The molecule has 29 heavy (non-hydrogen) atoms. The van der Waals surface area contributed by atoms with Gasteiger partial charge >= 0.3 is 0 Å². The number of benzene rings is 2. The van der Waals surface area contributed by atoms with E-state index in [2.05, 4.69) is 4.90 Å². The third-order valence-corrected chi connectivity index (χ3v) is 5.76. The lowest BCUT2D eigenvalue weighted by Gasteiger charge is -2.34. The van der Waals surface area contributed by atoms with Crippen LogP contribution in [-0.2, 0) is 9.59 Å². The highest BCUT2D eigenvalue weighted by molar-refractivity contribution is 6.45. The van der Waals surface area contributed by atoms with Crippen molar-refractivity contribution in [2.45, 2.75) is 13.8 Å². The monoisotopic (exact) mass is 393 g/mol. The Kier molecular flexibility index (Phi) is 4.96. The number of hydrogen-bond donors (Lipinski definition) is 0. The van der Waals surface area contributed by atoms with E-state index in [1.807, 2.05) is 37.9 Å². The van der Waals surface area contributed by atoms with Gasteiger partial charge in [-0.3, -0.25) is 9.59 Å². The zero-order chi connectivity index (χ0) is 20.7. The lowest BCUT2D eigenvalue weighted by Crippen LogP contribution is -2.46. The van der Waals surface area contributed by atoms with Gasteiger partial charge in [0.05, 0.1) is 11.3 Å². The number of carbonyl (C=O) groups is 2. The molecule has 1 fully saturated rings. The Morgan fingerprint density at radius 1 is 0.828 bits per heavy atom. The maximum Gasteiger partial charge on any atom is 0.282 e. The number of aryl methyl sites for hydroxylation is 2. The Morgan fingerprint density at radius 3 is 2.10 bits per heavy atom. The Morgan fingerprint density at radius 2 is 1.48 bits per heavy atom. The van der Waals surface area contributed by atoms with E-state index in [0.29, 0.717) is 35.6 Å². The molecule has 0 saturated carbocycles. The minimum Gasteiger partial charge on any atom is -0.364 e. The largest absolute Gasteiger partial charge is 0.364 e. The minimum atomic E-state index is -0.377. The molecule has 0 aliphatic carbocycles. The first-order chi connectivity index (χ1) is 13.9. The second-order valence-electron chi connectivity index (χ2n) is 7.74. The molecule has 0 aromatic heterocycles. The van der Waals surface area contributed by atoms with E-state index in [9.17, 15) is 14.0 Å². The topological polar surface area (TPSA) is 43.9 Å². The summed E-state index contributed by atoms with van der Waals surface area (Å²) in [5.74, 6) is -1.06. The second kappa shape index (κ2) is 7.44. The molecular weight excluding hydrogens is 369 g/mol. The molecule has 2 aliphatic rings. The third kappa shape index (κ3) is 3.44. The summed E-state index contributed by atoms with van der Waals surface area (Å²) in [6.07, 6.45) is 0. The fourth-order valence-electron chi connectivity index (χ4n) is 3.82. The van der Waals surface area contributed by atoms with Gasteiger partial charge in [-0.15, -0.1) is 0 Å². The Labute approximate surface area is 170 Å². The van der Waals surface area contributed by atoms with E-state index in [1.165, 1.54) is 17.0 Å². The number of hydrogen-bond acceptors (Lipinski definition) is 4. The Balaban J connectivity index is 1.81. The van der Waals surface area contributed by atoms with Crippen molar-refractivity contribution in [1.29, 1.82) is 0 Å². The first-order valence-corrected chi connectivity index (χ1v) is 9.76. The first-order valence-electron chi connectivity index (χ1n) is 9.76. The second-order valence-corrected chi connectivity index (χ2v) is 7.74. The van der Waals surface area contributed by atoms with E-state index < -0.39 is 0 Å². The van der Waals surface area contributed by atoms with Crippen LogP contribution in [0.5, 0.6) is 0 Å². The summed E-state index contributed by atoms with van der Waals surface area (Å²) in [5.41, 5.74) is 3.99. The van der Waals surface area contributed by atoms with Gasteiger partial charge in [0.25, 0.3) is 11.8 Å². The van der Waals surface area contributed by atoms with Gasteiger partial charge in [-0.25, -0.2) is 9.29 Å². The summed E-state index contributed by atoms with van der Waals surface area (Å²) in [7, 11) is 2.04. The number of rotatable bonds is 3. The SMILES string of the molecule is Cc1ccc(N2C(=O)C(c3ccc(F)cc3)=C(N3CCN(C)CC3)C2=O)cc1C. The smallest absolute Gasteiger partial charge is 0.282 e. The van der Waals surface area contributed by atoms with Crippen molar-refractivity contribution in [3.05, 3.63) is 70.7 Å². The van der Waals surface area contributed by atoms with Gasteiger partial charge < -0.3 is 9.80 Å². The minimum absolute atomic E-state index is 0.317. The van der Waals surface area contributed by atoms with Gasteiger partial charge in [-0.2, -0.15) is 0 Å². The fraction of sp³-hybridized carbons (Fsp3) is 0.304. The highest BCUT2D eigenvalue weighted by atomic mass is 19.1. The van der Waals surface area contributed by atoms with E-state index in [-0.39, 0.29) is 17.6 Å². The normalized spacial score (nSPS) is 18.2. The average Bonchev–Trinajstić information content (AvgIpc) is 2.96. The lowest BCUT2D eigenvalue weighted by atomic mass is 10.0. The summed E-state index contributed by atoms with van der Waals surface area (Å²) in [5, 5.41) is 0. The number of amides is 2. The number of carbonyl (C=O) groups excluding carboxylic acids is 2. The number of piperazine rings is 1. The summed E-state index contributed by atoms with van der Waals surface area (Å²) in [6, 6.07) is 11.3. The van der Waals surface area contributed by atoms with Gasteiger partial charge in [-0.1, -0.05) is 18.2 Å². The van der Waals surface area contributed by atoms with Crippen LogP contribution in [0.15, 0.2) is 48.2 Å². The summed E-state index contributed by atoms with van der Waals surface area (Å²) in [6.45, 7) is 6.90. The molecule has 1 saturated heterocycles. The highest BCUT2D eigenvalue weighted by Crippen LogP contribution is 2.35. The molecule has 0 atom stereocenters. The molecule has 150 valence electrons. The van der Waals surface area contributed by atoms with Crippen LogP contribution >= 0.6 is 0 Å². The van der Waals surface area contributed by atoms with E-state index in [0.717, 1.165) is 24.2 Å². The van der Waals surface area contributed by atoms with Crippen molar-refractivity contribution in [3.8, 4) is 0 Å². The van der Waals surface area contributed by atoms with E-state index >= 15 is 0 Å². The first kappa shape index (κ1) is 19.3. The van der Waals surface area contributed by atoms with Crippen molar-refractivity contribution < 1.29 is 14.0 Å². The van der Waals surface area contributed by atoms with Crippen LogP contribution < -0.4 is 4.90 Å². The Hall–Kier alpha value is -2.99. The van der Waals surface area contributed by atoms with E-state index in [1.54, 1.807) is 18.2 Å². The summed E-state index contributed by atoms with van der Waals surface area (Å²) < 4.78 is 13.5. The maximum absolute atomic E-state index is 13.5. The van der Waals surface area contributed by atoms with Crippen LogP contribution in [0.4, 0.5) is 10.1 Å². The predicted molar refractivity (Wildman–Crippen MR) is 111 cm³/mol. The quantitative estimate of drug-likeness (QED) is 0.752. The molecule has 6 heteroatoms. The molecule has 4 rings (SSSR count). The molecule has 2 aromatic rings. The van der Waals surface area contributed by atoms with Crippen LogP contribution in [-0.4, -0.2) is 54.8 Å². The molecule has 2 aromatic carbocycles. The van der Waals surface area contributed by atoms with Crippen LogP contribution in [0.3, 0.4) is 0 Å². The lowest BCUT2D eigenvalue weighted by molar-refractivity contribution is -0.120. The van der Waals surface area contributed by atoms with Crippen molar-refractivity contribution in [1.82, 2.24) is 9.80 Å². The number of halogens is 1. The molecule has 0 spiro atoms. The summed E-state index contributed by atoms with van der Waals surface area (Å²) >= 11 is 0. The molecule has 2 heterocycles. The third-order valence-electron chi connectivity index (χ3n) is 5.76. The van der Waals surface area contributed by atoms with Gasteiger partial charge in [0.15, 0.2) is 0 Å². The molecule has 0 unspecified atom stereocenters. The van der Waals surface area contributed by atoms with Crippen molar-refractivity contribution in [2.24, 2.45) is 0 Å². The number of likely N-dealkylation sites (N-methyl/N-ethyl adjacent to an activating group) is 1. The van der Waals surface area contributed by atoms with Crippen LogP contribution in [0, 0.1) is 19.7 Å². The fourth-order valence-corrected chi connectivity index (χ4v) is 3.82. The van der Waals surface area contributed by atoms with E-state index in [4.69, 9.17) is 0 Å². The van der Waals surface area contributed by atoms with Crippen LogP contribution in [0.2, 0.25) is 0 Å². The van der Waals surface area contributed by atoms with Crippen molar-refractivity contribution in [3.63, 3.8) is 0 Å². The molecule has 5 nitrogen and oxygen atoms in total. The molecule has 0 N–H and O–H groups in total. The molecule has 0 bridgehead atoms.